The monoisotopic (exact) mass is 435 g/mol. The molecule has 3 aromatic rings. The van der Waals surface area contributed by atoms with Crippen LogP contribution in [0.3, 0.4) is 0 Å². The van der Waals surface area contributed by atoms with Crippen LogP contribution in [0.1, 0.15) is 29.4 Å². The van der Waals surface area contributed by atoms with Crippen LogP contribution in [-0.2, 0) is 27.9 Å². The van der Waals surface area contributed by atoms with Crippen LogP contribution in [0.15, 0.2) is 29.2 Å². The molecule has 0 aliphatic carbocycles. The molecule has 0 spiro atoms. The third-order valence-electron chi connectivity index (χ3n) is 4.91. The van der Waals surface area contributed by atoms with Crippen LogP contribution in [0.4, 0.5) is 4.39 Å². The molecule has 9 heteroatoms. The summed E-state index contributed by atoms with van der Waals surface area (Å²) in [6.07, 6.45) is 0. The first kappa shape index (κ1) is 22.2. The zero-order valence-electron chi connectivity index (χ0n) is 17.7. The van der Waals surface area contributed by atoms with Crippen LogP contribution in [0.5, 0.6) is 5.75 Å². The van der Waals surface area contributed by atoms with Crippen molar-refractivity contribution in [2.75, 3.05) is 20.8 Å². The number of H-pyrrole nitrogens is 1. The van der Waals surface area contributed by atoms with Gasteiger partial charge in [0.15, 0.2) is 0 Å². The van der Waals surface area contributed by atoms with Crippen LogP contribution in [-0.4, -0.2) is 43.5 Å². The Bertz CT molecular complexity index is 1150. The quantitative estimate of drug-likeness (QED) is 0.583. The molecular formula is C21H26FN3O4S. The Morgan fingerprint density at radius 2 is 1.87 bits per heavy atom. The van der Waals surface area contributed by atoms with E-state index in [1.165, 1.54) is 17.4 Å². The van der Waals surface area contributed by atoms with E-state index in [4.69, 9.17) is 9.47 Å². The molecule has 162 valence electrons. The first-order chi connectivity index (χ1) is 14.2. The second kappa shape index (κ2) is 8.71. The van der Waals surface area contributed by atoms with Crippen molar-refractivity contribution < 1.29 is 22.3 Å². The van der Waals surface area contributed by atoms with Gasteiger partial charge in [0.25, 0.3) is 0 Å². The van der Waals surface area contributed by atoms with Gasteiger partial charge in [-0.05, 0) is 56.2 Å². The summed E-state index contributed by atoms with van der Waals surface area (Å²) in [6, 6.07) is 6.32. The molecule has 2 aromatic carbocycles. The van der Waals surface area contributed by atoms with Gasteiger partial charge in [0.1, 0.15) is 17.4 Å². The number of nitrogens with one attached hydrogen (secondary N) is 1. The molecule has 1 aromatic heterocycles. The summed E-state index contributed by atoms with van der Waals surface area (Å²) in [5.74, 6) is 0.621. The molecule has 0 saturated carbocycles. The Hall–Kier alpha value is -2.49. The lowest BCUT2D eigenvalue weighted by molar-refractivity contribution is 0.132. The van der Waals surface area contributed by atoms with Crippen LogP contribution in [0.2, 0.25) is 0 Å². The first-order valence-electron chi connectivity index (χ1n) is 9.54. The van der Waals surface area contributed by atoms with E-state index in [2.05, 4.69) is 9.97 Å². The van der Waals surface area contributed by atoms with E-state index >= 15 is 0 Å². The van der Waals surface area contributed by atoms with Gasteiger partial charge in [0, 0.05) is 19.2 Å². The smallest absolute Gasteiger partial charge is 0.243 e. The topological polar surface area (TPSA) is 84.5 Å². The van der Waals surface area contributed by atoms with Gasteiger partial charge in [-0.1, -0.05) is 0 Å². The van der Waals surface area contributed by atoms with Gasteiger partial charge in [-0.2, -0.15) is 4.31 Å². The van der Waals surface area contributed by atoms with Crippen LogP contribution < -0.4 is 4.74 Å². The summed E-state index contributed by atoms with van der Waals surface area (Å²) in [6.45, 7) is 5.87. The predicted molar refractivity (Wildman–Crippen MR) is 113 cm³/mol. The summed E-state index contributed by atoms with van der Waals surface area (Å²) in [4.78, 5) is 7.77. The number of nitrogens with zero attached hydrogens (tertiary/aromatic N) is 2. The molecule has 7 nitrogen and oxygen atoms in total. The van der Waals surface area contributed by atoms with Gasteiger partial charge in [0.05, 0.1) is 36.2 Å². The Kier molecular flexibility index (Phi) is 6.44. The van der Waals surface area contributed by atoms with E-state index in [0.29, 0.717) is 45.9 Å². The van der Waals surface area contributed by atoms with Crippen LogP contribution in [0.25, 0.3) is 11.0 Å². The van der Waals surface area contributed by atoms with E-state index in [-0.39, 0.29) is 18.0 Å². The highest BCUT2D eigenvalue weighted by Crippen LogP contribution is 2.29. The van der Waals surface area contributed by atoms with Crippen LogP contribution >= 0.6 is 0 Å². The highest BCUT2D eigenvalue weighted by atomic mass is 32.2. The number of fused-ring (bicyclic) bond motifs is 1. The van der Waals surface area contributed by atoms with E-state index in [9.17, 15) is 12.8 Å². The molecule has 1 N–H and O–H groups in total. The molecule has 0 fully saturated rings. The molecule has 0 aliphatic rings. The third kappa shape index (κ3) is 4.19. The van der Waals surface area contributed by atoms with Gasteiger partial charge in [-0.3, -0.25) is 0 Å². The number of hydrogen-bond donors (Lipinski definition) is 1. The number of benzene rings is 2. The van der Waals surface area contributed by atoms with Crippen molar-refractivity contribution in [2.45, 2.75) is 38.8 Å². The van der Waals surface area contributed by atoms with Crippen molar-refractivity contribution in [3.05, 3.63) is 52.6 Å². The number of aromatic nitrogens is 2. The van der Waals surface area contributed by atoms with Gasteiger partial charge in [-0.25, -0.2) is 17.8 Å². The summed E-state index contributed by atoms with van der Waals surface area (Å²) in [5.41, 5.74) is 2.63. The standard InChI is InChI=1S/C21H26FN3O4S/c1-6-29-12-16-17(22)7-8-18-20(16)24-19(23-18)11-25(4)30(26,27)21-13(2)9-15(28-5)10-14(21)3/h7-10H,6,11-12H2,1-5H3,(H,23,24). The average Bonchev–Trinajstić information content (AvgIpc) is 3.09. The summed E-state index contributed by atoms with van der Waals surface area (Å²) in [5, 5.41) is 0. The second-order valence-electron chi connectivity index (χ2n) is 7.09. The molecule has 30 heavy (non-hydrogen) atoms. The van der Waals surface area contributed by atoms with E-state index in [0.717, 1.165) is 0 Å². The zero-order chi connectivity index (χ0) is 22.1. The second-order valence-corrected chi connectivity index (χ2v) is 9.08. The lowest BCUT2D eigenvalue weighted by Crippen LogP contribution is -2.28. The number of aryl methyl sites for hydroxylation is 2. The van der Waals surface area contributed by atoms with Crippen LogP contribution in [0, 0.1) is 19.7 Å². The Morgan fingerprint density at radius 1 is 1.20 bits per heavy atom. The van der Waals surface area contributed by atoms with Crippen molar-refractivity contribution >= 4 is 21.1 Å². The molecule has 0 amide bonds. The van der Waals surface area contributed by atoms with Gasteiger partial charge >= 0.3 is 0 Å². The molecular weight excluding hydrogens is 409 g/mol. The number of imidazole rings is 1. The minimum atomic E-state index is -3.77. The van der Waals surface area contributed by atoms with Crippen molar-refractivity contribution in [3.8, 4) is 5.75 Å². The first-order valence-corrected chi connectivity index (χ1v) is 11.0. The van der Waals surface area contributed by atoms with Gasteiger partial charge in [0.2, 0.25) is 10.0 Å². The molecule has 0 aliphatic heterocycles. The number of methoxy groups -OCH3 is 1. The molecule has 0 unspecified atom stereocenters. The fourth-order valence-electron chi connectivity index (χ4n) is 3.46. The molecule has 1 heterocycles. The van der Waals surface area contributed by atoms with Crippen molar-refractivity contribution in [1.82, 2.24) is 14.3 Å². The number of sulfonamides is 1. The number of aromatic amines is 1. The highest BCUT2D eigenvalue weighted by molar-refractivity contribution is 7.89. The van der Waals surface area contributed by atoms with Gasteiger partial charge in [-0.15, -0.1) is 0 Å². The molecule has 0 bridgehead atoms. The summed E-state index contributed by atoms with van der Waals surface area (Å²) < 4.78 is 52.5. The maximum atomic E-state index is 14.2. The molecule has 0 radical (unpaired) electrons. The molecule has 3 rings (SSSR count). The van der Waals surface area contributed by atoms with E-state index < -0.39 is 15.8 Å². The molecule has 0 saturated heterocycles. The summed E-state index contributed by atoms with van der Waals surface area (Å²) >= 11 is 0. The number of hydrogen-bond acceptors (Lipinski definition) is 5. The van der Waals surface area contributed by atoms with Crippen molar-refractivity contribution in [2.24, 2.45) is 0 Å². The minimum absolute atomic E-state index is 0.0115. The normalized spacial score (nSPS) is 12.1. The largest absolute Gasteiger partial charge is 0.497 e. The highest BCUT2D eigenvalue weighted by Gasteiger charge is 2.26. The Balaban J connectivity index is 1.94. The third-order valence-corrected chi connectivity index (χ3v) is 7.02. The number of ether oxygens (including phenoxy) is 2. The van der Waals surface area contributed by atoms with E-state index in [1.807, 2.05) is 6.92 Å². The van der Waals surface area contributed by atoms with E-state index in [1.54, 1.807) is 39.2 Å². The Morgan fingerprint density at radius 3 is 2.47 bits per heavy atom. The van der Waals surface area contributed by atoms with Crippen molar-refractivity contribution in [3.63, 3.8) is 0 Å². The van der Waals surface area contributed by atoms with Gasteiger partial charge < -0.3 is 14.5 Å². The number of halogens is 1. The maximum absolute atomic E-state index is 14.2. The van der Waals surface area contributed by atoms with Crippen molar-refractivity contribution in [1.29, 1.82) is 0 Å². The predicted octanol–water partition coefficient (Wildman–Crippen LogP) is 3.68. The lowest BCUT2D eigenvalue weighted by atomic mass is 10.1. The Labute approximate surface area is 175 Å². The fourth-order valence-corrected chi connectivity index (χ4v) is 5.00. The summed E-state index contributed by atoms with van der Waals surface area (Å²) in [7, 11) is -0.741. The zero-order valence-corrected chi connectivity index (χ0v) is 18.6. The SMILES string of the molecule is CCOCc1c(F)ccc2[nH]c(CN(C)S(=O)(=O)c3c(C)cc(OC)cc3C)nc12. The molecule has 0 atom stereocenters. The fraction of sp³-hybridized carbons (Fsp3) is 0.381. The maximum Gasteiger partial charge on any atom is 0.243 e. The average molecular weight is 436 g/mol. The number of rotatable bonds is 8. The minimum Gasteiger partial charge on any atom is -0.497 e. The lowest BCUT2D eigenvalue weighted by Gasteiger charge is -2.19.